The Morgan fingerprint density at radius 3 is 2.82 bits per heavy atom. The summed E-state index contributed by atoms with van der Waals surface area (Å²) in [7, 11) is 3.87. The normalized spacial score (nSPS) is 11.0. The summed E-state index contributed by atoms with van der Waals surface area (Å²) >= 11 is 1.72. The molecule has 0 amide bonds. The van der Waals surface area contributed by atoms with Gasteiger partial charge in [0.1, 0.15) is 0 Å². The molecular weight excluding hydrogens is 232 g/mol. The minimum absolute atomic E-state index is 0.163. The van der Waals surface area contributed by atoms with Crippen LogP contribution in [0.2, 0.25) is 0 Å². The number of aromatic nitrogens is 1. The Kier molecular flexibility index (Phi) is 3.76. The largest absolute Gasteiger partial charge is 0.348 e. The average molecular weight is 248 g/mol. The molecule has 2 rings (SSSR count). The van der Waals surface area contributed by atoms with Crippen molar-refractivity contribution in [1.82, 2.24) is 9.47 Å². The lowest BCUT2D eigenvalue weighted by Crippen LogP contribution is -2.26. The van der Waals surface area contributed by atoms with Crippen LogP contribution in [0.4, 0.5) is 0 Å². The van der Waals surface area contributed by atoms with Gasteiger partial charge in [0.2, 0.25) is 0 Å². The lowest BCUT2D eigenvalue weighted by atomic mass is 10.2. The van der Waals surface area contributed by atoms with Crippen LogP contribution in [0.15, 0.2) is 35.8 Å². The number of Topliss-reactive ketones (excluding diaryl/α,β-unsaturated/α-hetero) is 1. The number of ketones is 1. The number of likely N-dealkylation sites (N-methyl/N-ethyl adjacent to an activating group) is 1. The Balaban J connectivity index is 1.93. The van der Waals surface area contributed by atoms with E-state index in [1.165, 1.54) is 4.88 Å². The first-order valence-corrected chi connectivity index (χ1v) is 6.40. The van der Waals surface area contributed by atoms with E-state index in [0.29, 0.717) is 6.54 Å². The fourth-order valence-electron chi connectivity index (χ4n) is 1.80. The van der Waals surface area contributed by atoms with Gasteiger partial charge in [-0.05, 0) is 30.6 Å². The molecule has 3 nitrogen and oxygen atoms in total. The van der Waals surface area contributed by atoms with E-state index in [-0.39, 0.29) is 5.78 Å². The molecule has 0 saturated heterocycles. The number of aryl methyl sites for hydroxylation is 1. The molecule has 0 atom stereocenters. The van der Waals surface area contributed by atoms with Crippen LogP contribution in [0.5, 0.6) is 0 Å². The number of hydrogen-bond donors (Lipinski definition) is 0. The number of rotatable bonds is 5. The third-order valence-electron chi connectivity index (χ3n) is 2.65. The Labute approximate surface area is 105 Å². The standard InChI is InChI=1S/C13H16N2OS/c1-14(9-11-5-4-8-17-11)10-13(16)12-6-3-7-15(12)2/h3-8H,9-10H2,1-2H3. The van der Waals surface area contributed by atoms with Crippen LogP contribution in [0.3, 0.4) is 0 Å². The monoisotopic (exact) mass is 248 g/mol. The van der Waals surface area contributed by atoms with Gasteiger partial charge in [0.25, 0.3) is 0 Å². The van der Waals surface area contributed by atoms with Crippen molar-refractivity contribution in [2.45, 2.75) is 6.54 Å². The second-order valence-electron chi connectivity index (χ2n) is 4.18. The number of carbonyl (C=O) groups is 1. The molecule has 0 aliphatic heterocycles. The third-order valence-corrected chi connectivity index (χ3v) is 3.51. The van der Waals surface area contributed by atoms with Gasteiger partial charge in [-0.15, -0.1) is 11.3 Å². The highest BCUT2D eigenvalue weighted by Crippen LogP contribution is 2.11. The van der Waals surface area contributed by atoms with Crippen molar-refractivity contribution >= 4 is 17.1 Å². The number of hydrogen-bond acceptors (Lipinski definition) is 3. The highest BCUT2D eigenvalue weighted by atomic mass is 32.1. The maximum atomic E-state index is 12.0. The number of nitrogens with zero attached hydrogens (tertiary/aromatic N) is 2. The number of carbonyl (C=O) groups excluding carboxylic acids is 1. The Morgan fingerprint density at radius 2 is 2.24 bits per heavy atom. The fraction of sp³-hybridized carbons (Fsp3) is 0.308. The van der Waals surface area contributed by atoms with Crippen LogP contribution >= 0.6 is 11.3 Å². The van der Waals surface area contributed by atoms with Crippen molar-refractivity contribution < 1.29 is 4.79 Å². The summed E-state index contributed by atoms with van der Waals surface area (Å²) in [6.07, 6.45) is 1.90. The molecule has 2 heterocycles. The highest BCUT2D eigenvalue weighted by molar-refractivity contribution is 7.09. The highest BCUT2D eigenvalue weighted by Gasteiger charge is 2.12. The Hall–Kier alpha value is -1.39. The summed E-state index contributed by atoms with van der Waals surface area (Å²) in [5.41, 5.74) is 0.767. The van der Waals surface area contributed by atoms with Crippen LogP contribution in [-0.4, -0.2) is 28.8 Å². The zero-order chi connectivity index (χ0) is 12.3. The smallest absolute Gasteiger partial charge is 0.193 e. The Morgan fingerprint density at radius 1 is 1.41 bits per heavy atom. The van der Waals surface area contributed by atoms with E-state index in [1.54, 1.807) is 11.3 Å². The summed E-state index contributed by atoms with van der Waals surface area (Å²) in [5, 5.41) is 2.06. The van der Waals surface area contributed by atoms with Gasteiger partial charge < -0.3 is 4.57 Å². The van der Waals surface area contributed by atoms with Crippen molar-refractivity contribution in [1.29, 1.82) is 0 Å². The molecule has 0 saturated carbocycles. The maximum Gasteiger partial charge on any atom is 0.193 e. The van der Waals surface area contributed by atoms with Crippen LogP contribution < -0.4 is 0 Å². The van der Waals surface area contributed by atoms with Gasteiger partial charge in [-0.1, -0.05) is 6.07 Å². The van der Waals surface area contributed by atoms with Crippen LogP contribution in [0, 0.1) is 0 Å². The van der Waals surface area contributed by atoms with E-state index in [1.807, 2.05) is 48.0 Å². The van der Waals surface area contributed by atoms with E-state index in [2.05, 4.69) is 11.4 Å². The summed E-state index contributed by atoms with van der Waals surface area (Å²) in [6.45, 7) is 1.28. The molecular formula is C13H16N2OS. The molecule has 2 aromatic rings. The van der Waals surface area contributed by atoms with Crippen LogP contribution in [0.25, 0.3) is 0 Å². The van der Waals surface area contributed by atoms with Crippen LogP contribution in [-0.2, 0) is 13.6 Å². The van der Waals surface area contributed by atoms with E-state index < -0.39 is 0 Å². The summed E-state index contributed by atoms with van der Waals surface area (Å²) in [5.74, 6) is 0.163. The lowest BCUT2D eigenvalue weighted by molar-refractivity contribution is 0.0935. The lowest BCUT2D eigenvalue weighted by Gasteiger charge is -2.14. The van der Waals surface area contributed by atoms with Gasteiger partial charge >= 0.3 is 0 Å². The fourth-order valence-corrected chi connectivity index (χ4v) is 2.59. The van der Waals surface area contributed by atoms with Crippen molar-refractivity contribution in [2.75, 3.05) is 13.6 Å². The topological polar surface area (TPSA) is 25.2 Å². The molecule has 2 aromatic heterocycles. The summed E-state index contributed by atoms with van der Waals surface area (Å²) in [4.78, 5) is 15.3. The molecule has 0 spiro atoms. The van der Waals surface area contributed by atoms with Crippen molar-refractivity contribution in [3.63, 3.8) is 0 Å². The predicted octanol–water partition coefficient (Wildman–Crippen LogP) is 2.40. The summed E-state index contributed by atoms with van der Waals surface area (Å²) in [6, 6.07) is 7.88. The summed E-state index contributed by atoms with van der Waals surface area (Å²) < 4.78 is 1.86. The molecule has 0 fully saturated rings. The van der Waals surface area contributed by atoms with E-state index >= 15 is 0 Å². The molecule has 0 unspecified atom stereocenters. The van der Waals surface area contributed by atoms with Crippen LogP contribution in [0.1, 0.15) is 15.4 Å². The SMILES string of the molecule is CN(CC(=O)c1cccn1C)Cc1cccs1. The first-order valence-electron chi connectivity index (χ1n) is 5.52. The molecule has 0 radical (unpaired) electrons. The molecule has 0 aromatic carbocycles. The van der Waals surface area contributed by atoms with Gasteiger partial charge in [0.05, 0.1) is 12.2 Å². The number of thiophene rings is 1. The molecule has 0 N–H and O–H groups in total. The molecule has 0 bridgehead atoms. The molecule has 0 aliphatic carbocycles. The minimum atomic E-state index is 0.163. The van der Waals surface area contributed by atoms with Gasteiger partial charge in [-0.3, -0.25) is 9.69 Å². The minimum Gasteiger partial charge on any atom is -0.348 e. The zero-order valence-electron chi connectivity index (χ0n) is 10.1. The van der Waals surface area contributed by atoms with E-state index in [0.717, 1.165) is 12.2 Å². The van der Waals surface area contributed by atoms with E-state index in [9.17, 15) is 4.79 Å². The molecule has 0 aliphatic rings. The predicted molar refractivity (Wildman–Crippen MR) is 70.4 cm³/mol. The van der Waals surface area contributed by atoms with Crippen molar-refractivity contribution in [3.05, 3.63) is 46.4 Å². The average Bonchev–Trinajstić information content (AvgIpc) is 2.88. The maximum absolute atomic E-state index is 12.0. The quantitative estimate of drug-likeness (QED) is 0.759. The molecule has 90 valence electrons. The van der Waals surface area contributed by atoms with Gasteiger partial charge in [-0.2, -0.15) is 0 Å². The Bertz CT molecular complexity index is 487. The first kappa shape index (κ1) is 12.1. The zero-order valence-corrected chi connectivity index (χ0v) is 10.9. The van der Waals surface area contributed by atoms with Gasteiger partial charge in [-0.25, -0.2) is 0 Å². The molecule has 4 heteroatoms. The van der Waals surface area contributed by atoms with Gasteiger partial charge in [0.15, 0.2) is 5.78 Å². The second-order valence-corrected chi connectivity index (χ2v) is 5.21. The molecule has 17 heavy (non-hydrogen) atoms. The van der Waals surface area contributed by atoms with E-state index in [4.69, 9.17) is 0 Å². The van der Waals surface area contributed by atoms with Crippen molar-refractivity contribution in [2.24, 2.45) is 7.05 Å². The third kappa shape index (κ3) is 3.05. The van der Waals surface area contributed by atoms with Crippen molar-refractivity contribution in [3.8, 4) is 0 Å². The first-order chi connectivity index (χ1) is 8.16. The van der Waals surface area contributed by atoms with Gasteiger partial charge in [0, 0.05) is 24.7 Å². The second kappa shape index (κ2) is 5.29.